The fraction of sp³-hybridized carbons (Fsp3) is 0.545. The zero-order valence-corrected chi connectivity index (χ0v) is 9.11. The summed E-state index contributed by atoms with van der Waals surface area (Å²) < 4.78 is 0. The summed E-state index contributed by atoms with van der Waals surface area (Å²) in [6, 6.07) is 3.78. The lowest BCUT2D eigenvalue weighted by Gasteiger charge is -2.22. The van der Waals surface area contributed by atoms with Crippen molar-refractivity contribution in [1.29, 1.82) is 5.26 Å². The van der Waals surface area contributed by atoms with E-state index in [2.05, 4.69) is 26.9 Å². The normalized spacial score (nSPS) is 16.7. The van der Waals surface area contributed by atoms with Gasteiger partial charge in [-0.25, -0.2) is 0 Å². The number of anilines is 1. The third kappa shape index (κ3) is 2.67. The van der Waals surface area contributed by atoms with Gasteiger partial charge < -0.3 is 10.6 Å². The van der Waals surface area contributed by atoms with Gasteiger partial charge in [-0.15, -0.1) is 5.10 Å². The summed E-state index contributed by atoms with van der Waals surface area (Å²) in [5.74, 6) is 1.26. The Morgan fingerprint density at radius 1 is 1.50 bits per heavy atom. The summed E-state index contributed by atoms with van der Waals surface area (Å²) in [5, 5.41) is 23.1. The minimum Gasteiger partial charge on any atom is -0.367 e. The molecule has 1 aliphatic heterocycles. The molecule has 0 aliphatic carbocycles. The van der Waals surface area contributed by atoms with E-state index in [1.165, 1.54) is 19.0 Å². The molecule has 1 saturated heterocycles. The lowest BCUT2D eigenvalue weighted by Crippen LogP contribution is -2.31. The van der Waals surface area contributed by atoms with Crippen molar-refractivity contribution in [2.24, 2.45) is 5.92 Å². The Morgan fingerprint density at radius 2 is 2.31 bits per heavy atom. The van der Waals surface area contributed by atoms with Crippen LogP contribution in [0, 0.1) is 17.2 Å². The summed E-state index contributed by atoms with van der Waals surface area (Å²) >= 11 is 0. The van der Waals surface area contributed by atoms with Gasteiger partial charge >= 0.3 is 0 Å². The monoisotopic (exact) mass is 217 g/mol. The van der Waals surface area contributed by atoms with Gasteiger partial charge in [-0.1, -0.05) is 0 Å². The fourth-order valence-corrected chi connectivity index (χ4v) is 1.88. The van der Waals surface area contributed by atoms with Gasteiger partial charge in [-0.2, -0.15) is 10.4 Å². The highest BCUT2D eigenvalue weighted by Crippen LogP contribution is 2.14. The molecular weight excluding hydrogens is 202 g/mol. The number of nitrogens with one attached hydrogen (secondary N) is 2. The molecular formula is C11H15N5. The summed E-state index contributed by atoms with van der Waals surface area (Å²) in [4.78, 5) is 0. The van der Waals surface area contributed by atoms with E-state index in [0.29, 0.717) is 17.3 Å². The van der Waals surface area contributed by atoms with Gasteiger partial charge in [0.05, 0.1) is 11.8 Å². The first-order chi connectivity index (χ1) is 7.90. The average molecular weight is 217 g/mol. The lowest BCUT2D eigenvalue weighted by molar-refractivity contribution is 0.389. The Bertz CT molecular complexity index is 378. The van der Waals surface area contributed by atoms with Crippen LogP contribution in [0.25, 0.3) is 0 Å². The maximum Gasteiger partial charge on any atom is 0.166 e. The van der Waals surface area contributed by atoms with Crippen molar-refractivity contribution in [1.82, 2.24) is 15.5 Å². The quantitative estimate of drug-likeness (QED) is 0.782. The van der Waals surface area contributed by atoms with Crippen molar-refractivity contribution < 1.29 is 0 Å². The highest BCUT2D eigenvalue weighted by atomic mass is 15.2. The first-order valence-electron chi connectivity index (χ1n) is 5.56. The Morgan fingerprint density at radius 3 is 3.06 bits per heavy atom. The first-order valence-corrected chi connectivity index (χ1v) is 5.56. The maximum atomic E-state index is 8.89. The van der Waals surface area contributed by atoms with Crippen LogP contribution in [0.1, 0.15) is 18.4 Å². The average Bonchev–Trinajstić information content (AvgIpc) is 2.38. The van der Waals surface area contributed by atoms with Gasteiger partial charge in [0, 0.05) is 6.54 Å². The highest BCUT2D eigenvalue weighted by molar-refractivity contribution is 5.50. The van der Waals surface area contributed by atoms with Crippen LogP contribution in [0.4, 0.5) is 5.82 Å². The standard InChI is InChI=1S/C11H15N5/c12-7-10-3-6-15-16-11(10)14-8-9-1-4-13-5-2-9/h3,6,9,13H,1-2,4-5,8H2,(H,14,16). The van der Waals surface area contributed by atoms with E-state index in [1.807, 2.05) is 0 Å². The molecule has 1 aromatic heterocycles. The van der Waals surface area contributed by atoms with Crippen LogP contribution >= 0.6 is 0 Å². The lowest BCUT2D eigenvalue weighted by atomic mass is 9.98. The zero-order valence-electron chi connectivity index (χ0n) is 9.11. The number of hydrogen-bond donors (Lipinski definition) is 2. The van der Waals surface area contributed by atoms with E-state index < -0.39 is 0 Å². The molecule has 0 aromatic carbocycles. The predicted octanol–water partition coefficient (Wildman–Crippen LogP) is 0.760. The third-order valence-corrected chi connectivity index (χ3v) is 2.86. The Kier molecular flexibility index (Phi) is 3.67. The molecule has 84 valence electrons. The maximum absolute atomic E-state index is 8.89. The van der Waals surface area contributed by atoms with Crippen molar-refractivity contribution in [2.75, 3.05) is 25.0 Å². The molecule has 5 nitrogen and oxygen atoms in total. The summed E-state index contributed by atoms with van der Waals surface area (Å²) in [5.41, 5.74) is 0.559. The molecule has 0 atom stereocenters. The molecule has 2 rings (SSSR count). The summed E-state index contributed by atoms with van der Waals surface area (Å²) in [7, 11) is 0. The van der Waals surface area contributed by atoms with Crippen molar-refractivity contribution in [3.8, 4) is 6.07 Å². The molecule has 0 amide bonds. The van der Waals surface area contributed by atoms with Crippen LogP contribution < -0.4 is 10.6 Å². The largest absolute Gasteiger partial charge is 0.367 e. The van der Waals surface area contributed by atoms with Crippen molar-refractivity contribution >= 4 is 5.82 Å². The molecule has 0 bridgehead atoms. The van der Waals surface area contributed by atoms with Crippen LogP contribution in [0.2, 0.25) is 0 Å². The van der Waals surface area contributed by atoms with Crippen LogP contribution in [0.15, 0.2) is 12.3 Å². The van der Waals surface area contributed by atoms with Gasteiger partial charge in [0.2, 0.25) is 0 Å². The van der Waals surface area contributed by atoms with E-state index in [9.17, 15) is 0 Å². The molecule has 1 fully saturated rings. The Hall–Kier alpha value is -1.67. The second kappa shape index (κ2) is 5.42. The second-order valence-corrected chi connectivity index (χ2v) is 3.98. The van der Waals surface area contributed by atoms with E-state index in [1.54, 1.807) is 6.07 Å². The topological polar surface area (TPSA) is 73.6 Å². The molecule has 16 heavy (non-hydrogen) atoms. The molecule has 2 heterocycles. The molecule has 0 spiro atoms. The SMILES string of the molecule is N#Cc1ccnnc1NCC1CCNCC1. The molecule has 0 radical (unpaired) electrons. The molecule has 0 unspecified atom stereocenters. The number of piperidine rings is 1. The van der Waals surface area contributed by atoms with Gasteiger partial charge in [0.15, 0.2) is 5.82 Å². The van der Waals surface area contributed by atoms with Crippen LogP contribution in [-0.2, 0) is 0 Å². The minimum atomic E-state index is 0.559. The fourth-order valence-electron chi connectivity index (χ4n) is 1.88. The van der Waals surface area contributed by atoms with E-state index in [-0.39, 0.29) is 0 Å². The van der Waals surface area contributed by atoms with Gasteiger partial charge in [-0.05, 0) is 37.9 Å². The number of aromatic nitrogens is 2. The summed E-state index contributed by atoms with van der Waals surface area (Å²) in [6.45, 7) is 3.03. The van der Waals surface area contributed by atoms with E-state index in [0.717, 1.165) is 19.6 Å². The Balaban J connectivity index is 1.91. The second-order valence-electron chi connectivity index (χ2n) is 3.98. The molecule has 1 aliphatic rings. The molecule has 2 N–H and O–H groups in total. The third-order valence-electron chi connectivity index (χ3n) is 2.86. The van der Waals surface area contributed by atoms with E-state index in [4.69, 9.17) is 5.26 Å². The number of nitriles is 1. The summed E-state index contributed by atoms with van der Waals surface area (Å²) in [6.07, 6.45) is 3.89. The molecule has 1 aromatic rings. The van der Waals surface area contributed by atoms with Crippen molar-refractivity contribution in [3.63, 3.8) is 0 Å². The Labute approximate surface area is 94.9 Å². The van der Waals surface area contributed by atoms with E-state index >= 15 is 0 Å². The first kappa shape index (κ1) is 10.8. The molecule has 5 heteroatoms. The van der Waals surface area contributed by atoms with Crippen molar-refractivity contribution in [3.05, 3.63) is 17.8 Å². The number of hydrogen-bond acceptors (Lipinski definition) is 5. The van der Waals surface area contributed by atoms with Gasteiger partial charge in [-0.3, -0.25) is 0 Å². The smallest absolute Gasteiger partial charge is 0.166 e. The van der Waals surface area contributed by atoms with Crippen LogP contribution in [0.5, 0.6) is 0 Å². The zero-order chi connectivity index (χ0) is 11.2. The number of nitrogens with zero attached hydrogens (tertiary/aromatic N) is 3. The van der Waals surface area contributed by atoms with Crippen LogP contribution in [0.3, 0.4) is 0 Å². The van der Waals surface area contributed by atoms with Crippen molar-refractivity contribution in [2.45, 2.75) is 12.8 Å². The number of rotatable bonds is 3. The van der Waals surface area contributed by atoms with Crippen LogP contribution in [-0.4, -0.2) is 29.8 Å². The highest BCUT2D eigenvalue weighted by Gasteiger charge is 2.13. The van der Waals surface area contributed by atoms with Gasteiger partial charge in [0.25, 0.3) is 0 Å². The van der Waals surface area contributed by atoms with Gasteiger partial charge in [0.1, 0.15) is 6.07 Å². The molecule has 0 saturated carbocycles. The minimum absolute atomic E-state index is 0.559. The predicted molar refractivity (Wildman–Crippen MR) is 60.8 cm³/mol.